The molecule has 0 saturated carbocycles. The molecule has 0 atom stereocenters. The fraction of sp³-hybridized carbons (Fsp3) is 0.176. The van der Waals surface area contributed by atoms with Gasteiger partial charge in [0.1, 0.15) is 6.33 Å². The highest BCUT2D eigenvalue weighted by molar-refractivity contribution is 7.89. The fourth-order valence-electron chi connectivity index (χ4n) is 2.39. The predicted molar refractivity (Wildman–Crippen MR) is 95.3 cm³/mol. The van der Waals surface area contributed by atoms with Gasteiger partial charge in [-0.05, 0) is 50.2 Å². The molecule has 1 heterocycles. The minimum atomic E-state index is -3.58. The summed E-state index contributed by atoms with van der Waals surface area (Å²) in [4.78, 5) is 16.7. The third-order valence-electron chi connectivity index (χ3n) is 3.49. The van der Waals surface area contributed by atoms with Gasteiger partial charge in [0.15, 0.2) is 0 Å². The third kappa shape index (κ3) is 3.70. The Labute approximate surface area is 145 Å². The Morgan fingerprint density at radius 3 is 2.44 bits per heavy atom. The van der Waals surface area contributed by atoms with Crippen molar-refractivity contribution in [1.29, 1.82) is 0 Å². The van der Waals surface area contributed by atoms with E-state index in [1.165, 1.54) is 35.3 Å². The van der Waals surface area contributed by atoms with E-state index in [0.717, 1.165) is 11.0 Å². The first-order valence-electron chi connectivity index (χ1n) is 7.73. The van der Waals surface area contributed by atoms with E-state index in [-0.39, 0.29) is 16.8 Å². The highest BCUT2D eigenvalue weighted by atomic mass is 32.2. The van der Waals surface area contributed by atoms with E-state index in [0.29, 0.717) is 5.56 Å². The Morgan fingerprint density at radius 2 is 1.76 bits per heavy atom. The van der Waals surface area contributed by atoms with Crippen molar-refractivity contribution in [3.05, 3.63) is 60.4 Å². The molecule has 0 radical (unpaired) electrons. The van der Waals surface area contributed by atoms with Gasteiger partial charge in [0.25, 0.3) is 5.91 Å². The molecule has 2 N–H and O–H groups in total. The van der Waals surface area contributed by atoms with E-state index in [9.17, 15) is 13.2 Å². The Bertz CT molecular complexity index is 1010. The lowest BCUT2D eigenvalue weighted by atomic mass is 10.2. The van der Waals surface area contributed by atoms with Crippen LogP contribution in [-0.2, 0) is 10.0 Å². The van der Waals surface area contributed by atoms with Crippen LogP contribution in [0.3, 0.4) is 0 Å². The van der Waals surface area contributed by atoms with Gasteiger partial charge in [0.05, 0.1) is 15.9 Å². The van der Waals surface area contributed by atoms with E-state index < -0.39 is 10.0 Å². The Hall–Kier alpha value is -2.71. The average molecular weight is 358 g/mol. The average Bonchev–Trinajstić information content (AvgIpc) is 2.97. The zero-order valence-corrected chi connectivity index (χ0v) is 14.6. The first-order valence-corrected chi connectivity index (χ1v) is 9.21. The molecule has 0 saturated heterocycles. The number of carbonyl (C=O) groups is 1. The number of nitrogens with one attached hydrogen (secondary N) is 2. The maximum atomic E-state index is 12.4. The van der Waals surface area contributed by atoms with Crippen LogP contribution in [0.1, 0.15) is 24.2 Å². The quantitative estimate of drug-likeness (QED) is 0.730. The van der Waals surface area contributed by atoms with Crippen molar-refractivity contribution in [1.82, 2.24) is 14.4 Å². The number of imidazole rings is 1. The molecule has 0 aliphatic heterocycles. The largest absolute Gasteiger partial charge is 0.270 e. The van der Waals surface area contributed by atoms with Crippen LogP contribution in [0.5, 0.6) is 0 Å². The molecule has 0 aliphatic carbocycles. The third-order valence-corrected chi connectivity index (χ3v) is 5.17. The lowest BCUT2D eigenvalue weighted by Gasteiger charge is -2.10. The maximum Gasteiger partial charge on any atom is 0.270 e. The molecule has 1 aromatic heterocycles. The van der Waals surface area contributed by atoms with Crippen molar-refractivity contribution in [2.24, 2.45) is 0 Å². The summed E-state index contributed by atoms with van der Waals surface area (Å²) in [6.45, 7) is 3.49. The molecule has 3 rings (SSSR count). The van der Waals surface area contributed by atoms with Gasteiger partial charge < -0.3 is 0 Å². The molecular formula is C17H18N4O3S. The number of nitrogens with zero attached hydrogens (tertiary/aromatic N) is 2. The van der Waals surface area contributed by atoms with Gasteiger partial charge >= 0.3 is 0 Å². The second-order valence-electron chi connectivity index (χ2n) is 5.84. The van der Waals surface area contributed by atoms with E-state index in [4.69, 9.17) is 0 Å². The van der Waals surface area contributed by atoms with E-state index in [2.05, 4.69) is 15.1 Å². The Balaban J connectivity index is 1.79. The molecule has 0 unspecified atom stereocenters. The van der Waals surface area contributed by atoms with Gasteiger partial charge in [0, 0.05) is 11.6 Å². The minimum absolute atomic E-state index is 0.117. The van der Waals surface area contributed by atoms with Crippen molar-refractivity contribution in [2.45, 2.75) is 24.8 Å². The van der Waals surface area contributed by atoms with Gasteiger partial charge in [-0.1, -0.05) is 12.1 Å². The summed E-state index contributed by atoms with van der Waals surface area (Å²) < 4.78 is 28.2. The smallest absolute Gasteiger partial charge is 0.267 e. The van der Waals surface area contributed by atoms with Gasteiger partial charge in [-0.2, -0.15) is 0 Å². The van der Waals surface area contributed by atoms with Crippen LogP contribution in [-0.4, -0.2) is 30.0 Å². The number of para-hydroxylation sites is 2. The molecule has 0 spiro atoms. The summed E-state index contributed by atoms with van der Waals surface area (Å²) in [7, 11) is -3.58. The lowest BCUT2D eigenvalue weighted by molar-refractivity contribution is 0.101. The zero-order chi connectivity index (χ0) is 18.0. The van der Waals surface area contributed by atoms with E-state index in [1.807, 2.05) is 24.3 Å². The number of hydrogen-bond donors (Lipinski definition) is 2. The summed E-state index contributed by atoms with van der Waals surface area (Å²) in [6.07, 6.45) is 1.52. The predicted octanol–water partition coefficient (Wildman–Crippen LogP) is 2.11. The molecular weight excluding hydrogens is 340 g/mol. The van der Waals surface area contributed by atoms with Crippen LogP contribution in [0.2, 0.25) is 0 Å². The fourth-order valence-corrected chi connectivity index (χ4v) is 3.64. The van der Waals surface area contributed by atoms with Gasteiger partial charge in [-0.15, -0.1) is 0 Å². The first kappa shape index (κ1) is 17.1. The van der Waals surface area contributed by atoms with Crippen molar-refractivity contribution in [2.75, 3.05) is 5.43 Å². The van der Waals surface area contributed by atoms with Crippen LogP contribution >= 0.6 is 0 Å². The number of carbonyl (C=O) groups excluding carboxylic acids is 1. The summed E-state index contributed by atoms with van der Waals surface area (Å²) in [6, 6.07) is 13.0. The molecule has 3 aromatic rings. The topological polar surface area (TPSA) is 93.1 Å². The van der Waals surface area contributed by atoms with Crippen molar-refractivity contribution in [3.8, 4) is 0 Å². The lowest BCUT2D eigenvalue weighted by Crippen LogP contribution is -2.30. The summed E-state index contributed by atoms with van der Waals surface area (Å²) in [5, 5.41) is 0. The van der Waals surface area contributed by atoms with E-state index >= 15 is 0 Å². The number of amides is 1. The van der Waals surface area contributed by atoms with Gasteiger partial charge in [0.2, 0.25) is 10.0 Å². The molecule has 8 heteroatoms. The normalized spacial score (nSPS) is 11.8. The molecule has 0 bridgehead atoms. The van der Waals surface area contributed by atoms with Crippen LogP contribution in [0.25, 0.3) is 11.0 Å². The van der Waals surface area contributed by atoms with Crippen molar-refractivity contribution < 1.29 is 13.2 Å². The molecule has 7 nitrogen and oxygen atoms in total. The monoisotopic (exact) mass is 358 g/mol. The number of aromatic nitrogens is 2. The summed E-state index contributed by atoms with van der Waals surface area (Å²) >= 11 is 0. The van der Waals surface area contributed by atoms with Crippen LogP contribution < -0.4 is 10.1 Å². The zero-order valence-electron chi connectivity index (χ0n) is 13.8. The standard InChI is InChI=1S/C17H18N4O3S/c1-12(2)20-25(23,24)14-9-7-13(8-10-14)17(22)19-21-11-18-15-5-3-4-6-16(15)21/h3-12,20H,1-2H3,(H,19,22). The van der Waals surface area contributed by atoms with E-state index in [1.54, 1.807) is 13.8 Å². The van der Waals surface area contributed by atoms with Gasteiger partial charge in [-0.25, -0.2) is 22.8 Å². The van der Waals surface area contributed by atoms with Crippen molar-refractivity contribution >= 4 is 27.0 Å². The minimum Gasteiger partial charge on any atom is -0.267 e. The molecule has 2 aromatic carbocycles. The number of rotatable bonds is 5. The molecule has 0 fully saturated rings. The van der Waals surface area contributed by atoms with Crippen molar-refractivity contribution in [3.63, 3.8) is 0 Å². The number of hydrogen-bond acceptors (Lipinski definition) is 4. The Morgan fingerprint density at radius 1 is 1.08 bits per heavy atom. The summed E-state index contributed by atoms with van der Waals surface area (Å²) in [5.41, 5.74) is 4.61. The second kappa shape index (κ2) is 6.66. The second-order valence-corrected chi connectivity index (χ2v) is 7.56. The number of fused-ring (bicyclic) bond motifs is 1. The molecule has 130 valence electrons. The molecule has 25 heavy (non-hydrogen) atoms. The maximum absolute atomic E-state index is 12.4. The van der Waals surface area contributed by atoms with Gasteiger partial charge in [-0.3, -0.25) is 10.2 Å². The highest BCUT2D eigenvalue weighted by Crippen LogP contribution is 2.13. The van der Waals surface area contributed by atoms with Crippen LogP contribution in [0.15, 0.2) is 59.8 Å². The van der Waals surface area contributed by atoms with Crippen LogP contribution in [0, 0.1) is 0 Å². The van der Waals surface area contributed by atoms with Crippen LogP contribution in [0.4, 0.5) is 0 Å². The SMILES string of the molecule is CC(C)NS(=O)(=O)c1ccc(C(=O)Nn2cnc3ccccc32)cc1. The molecule has 0 aliphatic rings. The first-order chi connectivity index (χ1) is 11.9. The number of benzene rings is 2. The Kier molecular flexibility index (Phi) is 4.56. The number of sulfonamides is 1. The molecule has 1 amide bonds. The highest BCUT2D eigenvalue weighted by Gasteiger charge is 2.16. The summed E-state index contributed by atoms with van der Waals surface area (Å²) in [5.74, 6) is -0.357.